The van der Waals surface area contributed by atoms with Gasteiger partial charge in [-0.2, -0.15) is 0 Å². The summed E-state index contributed by atoms with van der Waals surface area (Å²) in [4.78, 5) is 288. The number of carbonyl (C=O) groups is 21. The number of guanidine groups is 2. The third-order valence-electron chi connectivity index (χ3n) is 22.5. The summed E-state index contributed by atoms with van der Waals surface area (Å²) in [7, 11) is 1.67. The number of hydrogen-bond donors (Lipinski definition) is 32. The monoisotopic (exact) mass is 1990 g/mol. The summed E-state index contributed by atoms with van der Waals surface area (Å²) in [6.45, 7) is 11.9. The molecule has 0 bridgehead atoms. The number of aliphatic hydroxyl groups excluding tert-OH is 3. The van der Waals surface area contributed by atoms with Crippen LogP contribution in [0.1, 0.15) is 198 Å². The molecule has 0 spiro atoms. The van der Waals surface area contributed by atoms with Crippen molar-refractivity contribution in [1.82, 2.24) is 116 Å². The van der Waals surface area contributed by atoms with Crippen molar-refractivity contribution >= 4 is 136 Å². The van der Waals surface area contributed by atoms with Crippen LogP contribution >= 0.6 is 0 Å². The Morgan fingerprint density at radius 3 is 1.12 bits per heavy atom. The van der Waals surface area contributed by atoms with Crippen LogP contribution in [0, 0.1) is 16.7 Å². The third kappa shape index (κ3) is 45.4. The molecule has 140 heavy (non-hydrogen) atoms. The van der Waals surface area contributed by atoms with Crippen molar-refractivity contribution in [3.63, 3.8) is 0 Å². The molecule has 55 nitrogen and oxygen atoms in total. The summed E-state index contributed by atoms with van der Waals surface area (Å²) in [6.07, 6.45) is -1.65. The van der Waals surface area contributed by atoms with Crippen LogP contribution in [0.3, 0.4) is 0 Å². The topological polar surface area (TPSA) is 890 Å². The first-order valence-electron chi connectivity index (χ1n) is 47.0. The van der Waals surface area contributed by atoms with E-state index < -0.39 is 284 Å². The number of unbranched alkanes of at least 4 members (excludes halogenated alkanes) is 3. The zero-order valence-electron chi connectivity index (χ0n) is 81.6. The second-order valence-electron chi connectivity index (χ2n) is 35.1. The van der Waals surface area contributed by atoms with Crippen LogP contribution in [0.5, 0.6) is 0 Å². The normalized spacial score (nSPS) is 17.2. The molecule has 2 heterocycles. The maximum Gasteiger partial charge on any atom is 0.322 e. The van der Waals surface area contributed by atoms with Crippen LogP contribution in [-0.4, -0.2) is 360 Å². The Morgan fingerprint density at radius 1 is 0.364 bits per heavy atom. The van der Waals surface area contributed by atoms with Crippen molar-refractivity contribution in [2.75, 3.05) is 72.6 Å². The van der Waals surface area contributed by atoms with E-state index in [2.05, 4.69) is 101 Å². The van der Waals surface area contributed by atoms with Crippen molar-refractivity contribution < 1.29 is 121 Å². The molecule has 20 amide bonds. The smallest absolute Gasteiger partial charge is 0.322 e. The first kappa shape index (κ1) is 123. The van der Waals surface area contributed by atoms with Crippen molar-refractivity contribution in [3.05, 3.63) is 0 Å². The standard InChI is InChI=1S/C85H152N30O25/c1-42(2)38-57(110-75(132)56(29-30-61(89)119)107-71(128)52(23-13-16-32-87)105-73(130)55(26-19-35-96-85(92)93)108-79(136)60-28-20-36-114(60)82(139)43(3)88)76(133)101-46(6)68(125)113-65(50(10)118)81(138)109-51(22-12-15-31-86)70(127)100-44(4)66(123)99-45(5)67(124)104-54(25-18-34-95-84(90)91)72(129)106-53(24-14-17-33-94-11)74(131)111-58(41-116)77(134)103-48(8)83(140)115-37-21-27-59(115)78(135)102-47(7)69(126)112-64(49(9)117)80(137)98-39-62(120)97-40-63(121)122/h42-60,64-65,94,116-118H,12-41,86-88H2,1-11H3,(H2,89,119)(H,97,120)(H,98,137)(H,99,123)(H,100,127)(H,101,133)(H,102,135)(H,103,134)(H,104,124)(H,105,130)(H,106,129)(H,107,128)(H,108,136)(H,109,138)(H,110,132)(H,111,131)(H,112,126)(H,113,125)(H,121,122)(H4,90,91,95)(H4,92,93,96)/t43-,44-,45-,46-,47-,48-,49+,50+,51-,52-,53-,54-,55-,56-,57-,58-,59-,60-,64-,65-/m0/s1. The summed E-state index contributed by atoms with van der Waals surface area (Å²) in [5, 5.41) is 105. The van der Waals surface area contributed by atoms with E-state index in [1.807, 2.05) is 5.32 Å². The number of nitrogens with zero attached hydrogens (tertiary/aromatic N) is 2. The molecule has 2 aliphatic heterocycles. The van der Waals surface area contributed by atoms with Gasteiger partial charge >= 0.3 is 5.97 Å². The minimum absolute atomic E-state index is 0.00252. The molecule has 0 saturated carbocycles. The fourth-order valence-electron chi connectivity index (χ4n) is 14.6. The van der Waals surface area contributed by atoms with Crippen LogP contribution in [0.4, 0.5) is 0 Å². The molecule has 0 unspecified atom stereocenters. The van der Waals surface area contributed by atoms with E-state index in [0.717, 1.165) is 18.7 Å². The molecular formula is C85H152N30O25. The number of primary amides is 1. The Bertz CT molecular complexity index is 4200. The predicted molar refractivity (Wildman–Crippen MR) is 504 cm³/mol. The molecule has 0 aromatic carbocycles. The van der Waals surface area contributed by atoms with Crippen LogP contribution in [0.2, 0.25) is 0 Å². The van der Waals surface area contributed by atoms with Gasteiger partial charge in [0, 0.05) is 32.6 Å². The minimum atomic E-state index is -1.85. The zero-order chi connectivity index (χ0) is 106. The van der Waals surface area contributed by atoms with Gasteiger partial charge in [0.2, 0.25) is 118 Å². The van der Waals surface area contributed by atoms with Crippen LogP contribution in [-0.2, 0) is 101 Å². The lowest BCUT2D eigenvalue weighted by atomic mass is 10.0. The quantitative estimate of drug-likeness (QED) is 0.0153. The highest BCUT2D eigenvalue weighted by atomic mass is 16.4. The van der Waals surface area contributed by atoms with Crippen molar-refractivity contribution in [2.24, 2.45) is 40.3 Å². The van der Waals surface area contributed by atoms with Crippen LogP contribution in [0.25, 0.3) is 0 Å². The Kier molecular flexibility index (Phi) is 56.7. The minimum Gasteiger partial charge on any atom is -0.480 e. The number of amides is 20. The first-order chi connectivity index (χ1) is 65.8. The SMILES string of the molecule is CNCCCC[C@H](NC(=O)[C@H](CCCNC(=N)N)NC(=O)[C@H](C)NC(=O)[C@H](C)NC(=O)[C@H](CCCCN)NC(=O)[C@@H](NC(=O)[C@H](C)NC(=O)[C@H](CC(C)C)NC(=O)[C@H](CCC(N)=O)NC(=O)[C@H](CCCCN)NC(=O)[C@H](CCCNC(=N)N)NC(=O)[C@@H]1CCCN1C(=O)[C@H](C)N)[C@@H](C)O)C(=O)N[C@@H](CO)C(=O)N[C@@H](C)C(=O)N1CCC[C@H]1C(=O)N[C@@H](C)C(=O)N[C@H](C(=O)NCC(=O)NCC(=O)O)[C@@H](C)O. The second kappa shape index (κ2) is 64.4. The zero-order valence-corrected chi connectivity index (χ0v) is 81.6. The lowest BCUT2D eigenvalue weighted by Gasteiger charge is -2.29. The van der Waals surface area contributed by atoms with E-state index in [9.17, 15) is 116 Å². The van der Waals surface area contributed by atoms with E-state index >= 15 is 0 Å². The summed E-state index contributed by atoms with van der Waals surface area (Å²) >= 11 is 0. The van der Waals surface area contributed by atoms with Gasteiger partial charge in [-0.25, -0.2) is 0 Å². The molecule has 55 heteroatoms. The average molecular weight is 1990 g/mol. The van der Waals surface area contributed by atoms with Gasteiger partial charge in [-0.05, 0) is 210 Å². The highest BCUT2D eigenvalue weighted by Crippen LogP contribution is 2.22. The molecule has 2 fully saturated rings. The summed E-state index contributed by atoms with van der Waals surface area (Å²) in [5.41, 5.74) is 33.9. The highest BCUT2D eigenvalue weighted by molar-refractivity contribution is 6.02. The number of rotatable bonds is 66. The molecule has 0 aromatic heterocycles. The molecule has 0 aromatic rings. The van der Waals surface area contributed by atoms with E-state index in [1.54, 1.807) is 20.9 Å². The summed E-state index contributed by atoms with van der Waals surface area (Å²) < 4.78 is 0. The molecular weight excluding hydrogens is 1840 g/mol. The van der Waals surface area contributed by atoms with Gasteiger partial charge in [-0.15, -0.1) is 0 Å². The fourth-order valence-corrected chi connectivity index (χ4v) is 14.6. The largest absolute Gasteiger partial charge is 0.480 e. The summed E-state index contributed by atoms with van der Waals surface area (Å²) in [5.74, 6) is -21.1. The van der Waals surface area contributed by atoms with Crippen molar-refractivity contribution in [3.8, 4) is 0 Å². The number of nitrogens with two attached hydrogens (primary N) is 6. The highest BCUT2D eigenvalue weighted by Gasteiger charge is 2.43. The average Bonchev–Trinajstić information content (AvgIpc) is 1.69. The Balaban J connectivity index is 2.33. The number of likely N-dealkylation sites (tertiary alicyclic amines) is 2. The number of carboxylic acids is 1. The molecule has 2 aliphatic rings. The maximum absolute atomic E-state index is 14.4. The number of hydrogen-bond acceptors (Lipinski definition) is 30. The van der Waals surface area contributed by atoms with Gasteiger partial charge in [0.15, 0.2) is 11.9 Å². The van der Waals surface area contributed by atoms with Crippen molar-refractivity contribution in [2.45, 2.75) is 319 Å². The van der Waals surface area contributed by atoms with Gasteiger partial charge in [-0.1, -0.05) is 13.8 Å². The fraction of sp³-hybridized carbons (Fsp3) is 0.729. The number of carboxylic acid groups (broad SMARTS) is 1. The van der Waals surface area contributed by atoms with Crippen LogP contribution < -0.4 is 141 Å². The van der Waals surface area contributed by atoms with Gasteiger partial charge in [0.1, 0.15) is 109 Å². The van der Waals surface area contributed by atoms with Gasteiger partial charge in [0.05, 0.1) is 31.4 Å². The molecule has 20 atom stereocenters. The number of carbonyl (C=O) groups excluding carboxylic acids is 20. The maximum atomic E-state index is 14.4. The molecule has 0 radical (unpaired) electrons. The first-order valence-corrected chi connectivity index (χ1v) is 47.0. The third-order valence-corrected chi connectivity index (χ3v) is 22.5. The van der Waals surface area contributed by atoms with Crippen LogP contribution in [0.15, 0.2) is 0 Å². The van der Waals surface area contributed by atoms with E-state index in [0.29, 0.717) is 32.2 Å². The number of aliphatic carboxylic acids is 1. The van der Waals surface area contributed by atoms with E-state index in [-0.39, 0.29) is 141 Å². The van der Waals surface area contributed by atoms with Gasteiger partial charge in [0.25, 0.3) is 0 Å². The number of aliphatic hydroxyl groups is 3. The Hall–Kier alpha value is -12.9. The van der Waals surface area contributed by atoms with E-state index in [4.69, 9.17) is 50.3 Å². The molecule has 2 saturated heterocycles. The van der Waals surface area contributed by atoms with Crippen molar-refractivity contribution in [1.29, 1.82) is 10.8 Å². The Labute approximate surface area is 812 Å². The van der Waals surface area contributed by atoms with Gasteiger partial charge in [-0.3, -0.25) is 112 Å². The molecule has 792 valence electrons. The predicted octanol–water partition coefficient (Wildman–Crippen LogP) is -12.8. The molecule has 2 rings (SSSR count). The van der Waals surface area contributed by atoms with E-state index in [1.165, 1.54) is 46.4 Å². The Morgan fingerprint density at radius 2 is 0.707 bits per heavy atom. The second-order valence-corrected chi connectivity index (χ2v) is 35.1. The van der Waals surface area contributed by atoms with Gasteiger partial charge < -0.3 is 171 Å². The molecule has 38 N–H and O–H groups in total. The molecule has 0 aliphatic carbocycles. The lowest BCUT2D eigenvalue weighted by Crippen LogP contribution is -2.61. The number of nitrogens with one attached hydrogen (secondary N) is 22. The summed E-state index contributed by atoms with van der Waals surface area (Å²) in [6, 6.07) is -26.1. The lowest BCUT2D eigenvalue weighted by molar-refractivity contribution is -0.142.